The van der Waals surface area contributed by atoms with Crippen molar-refractivity contribution in [3.05, 3.63) is 151 Å². The number of pyridine rings is 1. The highest BCUT2D eigenvalue weighted by molar-refractivity contribution is 6.98. The zero-order valence-electron chi connectivity index (χ0n) is 26.1. The number of anilines is 3. The third kappa shape index (κ3) is 3.68. The van der Waals surface area contributed by atoms with Crippen LogP contribution in [0.5, 0.6) is 23.0 Å². The topological polar surface area (TPSA) is 34.6 Å². The lowest BCUT2D eigenvalue weighted by Crippen LogP contribution is -2.57. The van der Waals surface area contributed by atoms with Gasteiger partial charge in [-0.3, -0.25) is 4.98 Å². The van der Waals surface area contributed by atoms with Gasteiger partial charge in [0, 0.05) is 40.0 Å². The van der Waals surface area contributed by atoms with E-state index in [2.05, 4.69) is 139 Å². The van der Waals surface area contributed by atoms with Crippen LogP contribution in [-0.4, -0.2) is 11.7 Å². The number of rotatable bonds is 3. The predicted molar refractivity (Wildman–Crippen MR) is 192 cm³/mol. The van der Waals surface area contributed by atoms with E-state index in [4.69, 9.17) is 9.47 Å². The first kappa shape index (κ1) is 26.4. The highest BCUT2D eigenvalue weighted by Crippen LogP contribution is 2.52. The molecule has 10 rings (SSSR count). The van der Waals surface area contributed by atoms with Gasteiger partial charge in [-0.05, 0) is 93.2 Å². The van der Waals surface area contributed by atoms with Crippen LogP contribution in [0.15, 0.2) is 140 Å². The van der Waals surface area contributed by atoms with E-state index in [1.165, 1.54) is 44.0 Å². The fraction of sp³-hybridized carbons (Fsp3) is 0.0714. The molecule has 0 saturated heterocycles. The van der Waals surface area contributed by atoms with Crippen LogP contribution in [0.3, 0.4) is 0 Å². The maximum atomic E-state index is 6.74. The molecule has 0 N–H and O–H groups in total. The van der Waals surface area contributed by atoms with Gasteiger partial charge in [-0.25, -0.2) is 0 Å². The average molecular weight is 605 g/mol. The van der Waals surface area contributed by atoms with Crippen molar-refractivity contribution >= 4 is 50.9 Å². The first-order valence-corrected chi connectivity index (χ1v) is 16.2. The second-order valence-electron chi connectivity index (χ2n) is 13.1. The van der Waals surface area contributed by atoms with Gasteiger partial charge in [0.1, 0.15) is 23.0 Å². The molecule has 2 aliphatic heterocycles. The Morgan fingerprint density at radius 1 is 0.574 bits per heavy atom. The molecule has 6 aromatic carbocycles. The molecule has 0 saturated carbocycles. The summed E-state index contributed by atoms with van der Waals surface area (Å²) in [6.07, 6.45) is 3.72. The molecule has 222 valence electrons. The van der Waals surface area contributed by atoms with E-state index in [1.54, 1.807) is 0 Å². The Hall–Kier alpha value is -5.81. The molecule has 47 heavy (non-hydrogen) atoms. The van der Waals surface area contributed by atoms with E-state index in [0.29, 0.717) is 0 Å². The maximum Gasteiger partial charge on any atom is 0.260 e. The summed E-state index contributed by atoms with van der Waals surface area (Å²) in [5, 5.41) is 2.50. The molecule has 4 nitrogen and oxygen atoms in total. The first-order valence-electron chi connectivity index (χ1n) is 16.2. The van der Waals surface area contributed by atoms with Gasteiger partial charge < -0.3 is 14.4 Å². The summed E-state index contributed by atoms with van der Waals surface area (Å²) in [5.41, 5.74) is 11.6. The van der Waals surface area contributed by atoms with Crippen molar-refractivity contribution < 1.29 is 9.47 Å². The van der Waals surface area contributed by atoms with Crippen LogP contribution < -0.4 is 30.8 Å². The molecule has 7 aromatic rings. The molecule has 0 atom stereocenters. The molecule has 1 aromatic heterocycles. The third-order valence-electron chi connectivity index (χ3n) is 10.3. The van der Waals surface area contributed by atoms with E-state index < -0.39 is 0 Å². The lowest BCUT2D eigenvalue weighted by molar-refractivity contribution is 0.464. The quantitative estimate of drug-likeness (QED) is 0.189. The Bertz CT molecular complexity index is 2370. The fourth-order valence-electron chi connectivity index (χ4n) is 8.14. The van der Waals surface area contributed by atoms with Gasteiger partial charge in [-0.15, -0.1) is 0 Å². The second-order valence-corrected chi connectivity index (χ2v) is 13.1. The molecular formula is C42H29BN2O2. The van der Waals surface area contributed by atoms with Gasteiger partial charge in [0.15, 0.2) is 0 Å². The molecule has 1 aliphatic carbocycles. The fourth-order valence-corrected chi connectivity index (χ4v) is 8.14. The second kappa shape index (κ2) is 9.60. The smallest absolute Gasteiger partial charge is 0.260 e. The summed E-state index contributed by atoms with van der Waals surface area (Å²) in [7, 11) is 0. The molecule has 0 fully saturated rings. The van der Waals surface area contributed by atoms with E-state index in [1.807, 2.05) is 24.5 Å². The van der Waals surface area contributed by atoms with Gasteiger partial charge in [0.2, 0.25) is 0 Å². The molecule has 3 aliphatic rings. The molecule has 0 spiro atoms. The van der Waals surface area contributed by atoms with Crippen LogP contribution in [0.2, 0.25) is 0 Å². The van der Waals surface area contributed by atoms with Crippen molar-refractivity contribution in [3.8, 4) is 34.1 Å². The number of ether oxygens (including phenoxy) is 2. The van der Waals surface area contributed by atoms with Gasteiger partial charge >= 0.3 is 0 Å². The number of para-hydroxylation sites is 2. The lowest BCUT2D eigenvalue weighted by atomic mass is 9.34. The van der Waals surface area contributed by atoms with Gasteiger partial charge in [0.25, 0.3) is 6.71 Å². The van der Waals surface area contributed by atoms with E-state index >= 15 is 0 Å². The Labute approximate surface area is 274 Å². The summed E-state index contributed by atoms with van der Waals surface area (Å²) in [6.45, 7) is 4.76. The Morgan fingerprint density at radius 2 is 1.28 bits per heavy atom. The summed E-state index contributed by atoms with van der Waals surface area (Å²) >= 11 is 0. The summed E-state index contributed by atoms with van der Waals surface area (Å²) < 4.78 is 13.1. The van der Waals surface area contributed by atoms with E-state index in [9.17, 15) is 0 Å². The number of fused-ring (bicyclic) bond motifs is 6. The highest BCUT2D eigenvalue weighted by Gasteiger charge is 2.43. The minimum absolute atomic E-state index is 0.0374. The molecule has 0 radical (unpaired) electrons. The van der Waals surface area contributed by atoms with Crippen LogP contribution in [0.4, 0.5) is 17.1 Å². The first-order chi connectivity index (χ1) is 23.1. The SMILES string of the molecule is CC1(C)c2cc3c(cc2-c2ccc(N(c4ccccc4)c4ccncc4)c4cccc1c24)Oc1cccc2c1B3c1ccccc1O2. The van der Waals surface area contributed by atoms with Crippen LogP contribution >= 0.6 is 0 Å². The summed E-state index contributed by atoms with van der Waals surface area (Å²) in [5.74, 6) is 3.55. The standard InChI is InChI=1S/C42H29BN2O2/c1-42(2)31-13-8-12-29-35(45(26-10-4-3-5-11-26)27-20-22-44-23-21-27)19-18-28(40(29)31)30-24-39-34(25-32(30)42)43-33-14-6-7-15-36(33)46-37-16-9-17-38(47-39)41(37)43/h3-25H,1-2H3. The number of hydrogen-bond acceptors (Lipinski definition) is 4. The molecule has 0 amide bonds. The minimum Gasteiger partial charge on any atom is -0.458 e. The van der Waals surface area contributed by atoms with Crippen LogP contribution in [0.25, 0.3) is 21.9 Å². The number of hydrogen-bond donors (Lipinski definition) is 0. The normalized spacial score (nSPS) is 14.2. The summed E-state index contributed by atoms with van der Waals surface area (Å²) in [6, 6.07) is 45.3. The van der Waals surface area contributed by atoms with Crippen LogP contribution in [0.1, 0.15) is 25.0 Å². The van der Waals surface area contributed by atoms with E-state index in [0.717, 1.165) is 45.5 Å². The Kier molecular flexibility index (Phi) is 5.40. The van der Waals surface area contributed by atoms with Crippen LogP contribution in [0, 0.1) is 0 Å². The Morgan fingerprint density at radius 3 is 2.11 bits per heavy atom. The van der Waals surface area contributed by atoms with Crippen molar-refractivity contribution in [2.75, 3.05) is 4.90 Å². The average Bonchev–Trinajstić information content (AvgIpc) is 3.11. The monoisotopic (exact) mass is 604 g/mol. The highest BCUT2D eigenvalue weighted by atomic mass is 16.5. The maximum absolute atomic E-state index is 6.74. The van der Waals surface area contributed by atoms with Crippen molar-refractivity contribution in [3.63, 3.8) is 0 Å². The van der Waals surface area contributed by atoms with Crippen molar-refractivity contribution in [1.29, 1.82) is 0 Å². The van der Waals surface area contributed by atoms with Crippen molar-refractivity contribution in [1.82, 2.24) is 4.98 Å². The van der Waals surface area contributed by atoms with Gasteiger partial charge in [0.05, 0.1) is 5.69 Å². The van der Waals surface area contributed by atoms with E-state index in [-0.39, 0.29) is 12.1 Å². The van der Waals surface area contributed by atoms with Crippen molar-refractivity contribution in [2.45, 2.75) is 19.3 Å². The van der Waals surface area contributed by atoms with Gasteiger partial charge in [-0.1, -0.05) is 86.6 Å². The van der Waals surface area contributed by atoms with Gasteiger partial charge in [-0.2, -0.15) is 0 Å². The zero-order valence-corrected chi connectivity index (χ0v) is 26.1. The molecule has 0 unspecified atom stereocenters. The third-order valence-corrected chi connectivity index (χ3v) is 10.3. The summed E-state index contributed by atoms with van der Waals surface area (Å²) in [4.78, 5) is 6.64. The van der Waals surface area contributed by atoms with Crippen molar-refractivity contribution in [2.24, 2.45) is 0 Å². The minimum atomic E-state index is -0.256. The molecule has 3 heterocycles. The number of aromatic nitrogens is 1. The largest absolute Gasteiger partial charge is 0.458 e. The number of nitrogens with zero attached hydrogens (tertiary/aromatic N) is 2. The zero-order chi connectivity index (χ0) is 31.3. The Balaban J connectivity index is 1.22. The lowest BCUT2D eigenvalue weighted by Gasteiger charge is -2.39. The predicted octanol–water partition coefficient (Wildman–Crippen LogP) is 8.74. The molecule has 5 heteroatoms. The van der Waals surface area contributed by atoms with Crippen LogP contribution in [-0.2, 0) is 5.41 Å². The molecular weight excluding hydrogens is 575 g/mol. The number of benzene rings is 6. The molecule has 0 bridgehead atoms.